The van der Waals surface area contributed by atoms with Crippen molar-refractivity contribution in [3.8, 4) is 5.75 Å². The van der Waals surface area contributed by atoms with Crippen molar-refractivity contribution in [3.63, 3.8) is 0 Å². The van der Waals surface area contributed by atoms with E-state index in [1.165, 1.54) is 34.5 Å². The van der Waals surface area contributed by atoms with Crippen molar-refractivity contribution in [2.45, 2.75) is 30.7 Å². The van der Waals surface area contributed by atoms with Gasteiger partial charge in [0, 0.05) is 25.0 Å². The minimum absolute atomic E-state index is 0.0218. The molecule has 2 fully saturated rings. The summed E-state index contributed by atoms with van der Waals surface area (Å²) in [5, 5.41) is 0. The van der Waals surface area contributed by atoms with Crippen LogP contribution in [0.25, 0.3) is 0 Å². The molecule has 3 heterocycles. The number of pyridine rings is 1. The molecule has 0 bridgehead atoms. The average Bonchev–Trinajstić information content (AvgIpc) is 3.27. The number of rotatable bonds is 5. The van der Waals surface area contributed by atoms with Crippen molar-refractivity contribution in [1.82, 2.24) is 14.2 Å². The highest BCUT2D eigenvalue weighted by atomic mass is 32.2. The first-order chi connectivity index (χ1) is 11.6. The van der Waals surface area contributed by atoms with Gasteiger partial charge < -0.3 is 9.64 Å². The molecule has 0 aliphatic carbocycles. The summed E-state index contributed by atoms with van der Waals surface area (Å²) in [5.41, 5.74) is 0. The lowest BCUT2D eigenvalue weighted by Crippen LogP contribution is -2.48. The number of sulfonamides is 1. The fraction of sp³-hybridized carbons (Fsp3) is 0.600. The third-order valence-electron chi connectivity index (χ3n) is 4.18. The molecule has 3 rings (SSSR count). The van der Waals surface area contributed by atoms with Crippen LogP contribution in [-0.4, -0.2) is 65.9 Å². The second kappa shape index (κ2) is 7.28. The molecule has 7 nitrogen and oxygen atoms in total. The maximum atomic E-state index is 13.1. The second-order valence-electron chi connectivity index (χ2n) is 5.70. The minimum atomic E-state index is -3.84. The van der Waals surface area contributed by atoms with Crippen LogP contribution in [-0.2, 0) is 14.8 Å². The Hall–Kier alpha value is -1.32. The van der Waals surface area contributed by atoms with Crippen molar-refractivity contribution < 1.29 is 17.9 Å². The van der Waals surface area contributed by atoms with Gasteiger partial charge in [-0.2, -0.15) is 4.31 Å². The van der Waals surface area contributed by atoms with E-state index in [1.54, 1.807) is 11.8 Å². The number of carbonyl (C=O) groups is 1. The van der Waals surface area contributed by atoms with Crippen LogP contribution in [0.1, 0.15) is 19.8 Å². The van der Waals surface area contributed by atoms with E-state index in [0.717, 1.165) is 12.8 Å². The van der Waals surface area contributed by atoms with Gasteiger partial charge in [-0.25, -0.2) is 8.42 Å². The molecule has 0 aromatic carbocycles. The molecule has 1 aromatic rings. The monoisotopic (exact) mass is 371 g/mol. The van der Waals surface area contributed by atoms with E-state index >= 15 is 0 Å². The number of hydrogen-bond donors (Lipinski definition) is 0. The molecule has 0 radical (unpaired) electrons. The van der Waals surface area contributed by atoms with Gasteiger partial charge in [-0.05, 0) is 25.8 Å². The van der Waals surface area contributed by atoms with Gasteiger partial charge in [0.25, 0.3) is 0 Å². The lowest BCUT2D eigenvalue weighted by Gasteiger charge is -2.26. The molecule has 0 saturated carbocycles. The van der Waals surface area contributed by atoms with Crippen LogP contribution in [0, 0.1) is 0 Å². The molecule has 0 N–H and O–H groups in total. The quantitative estimate of drug-likeness (QED) is 0.773. The van der Waals surface area contributed by atoms with Gasteiger partial charge in [0.1, 0.15) is 16.7 Å². The number of carbonyl (C=O) groups excluding carboxylic acids is 1. The van der Waals surface area contributed by atoms with Crippen LogP contribution in [0.15, 0.2) is 23.4 Å². The molecule has 132 valence electrons. The molecular weight excluding hydrogens is 350 g/mol. The highest BCUT2D eigenvalue weighted by Gasteiger charge is 2.43. The number of likely N-dealkylation sites (tertiary alicyclic amines) is 1. The van der Waals surface area contributed by atoms with E-state index in [-0.39, 0.29) is 22.4 Å². The number of aromatic nitrogens is 1. The molecule has 1 aromatic heterocycles. The van der Waals surface area contributed by atoms with Crippen molar-refractivity contribution >= 4 is 27.7 Å². The van der Waals surface area contributed by atoms with Gasteiger partial charge in [0.05, 0.1) is 18.7 Å². The molecule has 2 saturated heterocycles. The molecule has 1 amide bonds. The van der Waals surface area contributed by atoms with Crippen molar-refractivity contribution in [1.29, 1.82) is 0 Å². The summed E-state index contributed by atoms with van der Waals surface area (Å²) in [6, 6.07) is 0.893. The summed E-state index contributed by atoms with van der Waals surface area (Å²) >= 11 is 1.46. The van der Waals surface area contributed by atoms with Gasteiger partial charge in [-0.1, -0.05) is 0 Å². The van der Waals surface area contributed by atoms with E-state index in [2.05, 4.69) is 4.98 Å². The van der Waals surface area contributed by atoms with E-state index < -0.39 is 16.1 Å². The van der Waals surface area contributed by atoms with E-state index in [1.807, 2.05) is 0 Å². The summed E-state index contributed by atoms with van der Waals surface area (Å²) in [6.07, 6.45) is 4.75. The zero-order valence-corrected chi connectivity index (χ0v) is 15.2. The highest BCUT2D eigenvalue weighted by molar-refractivity contribution is 8.00. The van der Waals surface area contributed by atoms with Crippen LogP contribution in [0.5, 0.6) is 5.75 Å². The average molecular weight is 371 g/mol. The zero-order chi connectivity index (χ0) is 17.2. The summed E-state index contributed by atoms with van der Waals surface area (Å²) in [6.45, 7) is 3.58. The minimum Gasteiger partial charge on any atom is -0.492 e. The normalized spacial score (nSPS) is 22.0. The van der Waals surface area contributed by atoms with Crippen LogP contribution < -0.4 is 4.74 Å². The van der Waals surface area contributed by atoms with Crippen molar-refractivity contribution in [3.05, 3.63) is 18.5 Å². The smallest absolute Gasteiger partial charge is 0.249 e. The first-order valence-corrected chi connectivity index (χ1v) is 10.6. The van der Waals surface area contributed by atoms with E-state index in [9.17, 15) is 13.2 Å². The Kier molecular flexibility index (Phi) is 5.31. The molecule has 1 unspecified atom stereocenters. The van der Waals surface area contributed by atoms with E-state index in [0.29, 0.717) is 25.4 Å². The lowest BCUT2D eigenvalue weighted by molar-refractivity contribution is -0.133. The summed E-state index contributed by atoms with van der Waals surface area (Å²) in [5.74, 6) is 0.936. The van der Waals surface area contributed by atoms with Crippen LogP contribution >= 0.6 is 11.8 Å². The predicted octanol–water partition coefficient (Wildman–Crippen LogP) is 1.17. The Morgan fingerprint density at radius 2 is 2.17 bits per heavy atom. The Morgan fingerprint density at radius 3 is 2.88 bits per heavy atom. The van der Waals surface area contributed by atoms with Gasteiger partial charge in [0.2, 0.25) is 15.9 Å². The molecule has 9 heteroatoms. The Morgan fingerprint density at radius 1 is 1.42 bits per heavy atom. The highest BCUT2D eigenvalue weighted by Crippen LogP contribution is 2.33. The number of nitrogens with zero attached hydrogens (tertiary/aromatic N) is 3. The summed E-state index contributed by atoms with van der Waals surface area (Å²) in [7, 11) is -3.84. The van der Waals surface area contributed by atoms with Gasteiger partial charge in [-0.3, -0.25) is 9.78 Å². The largest absolute Gasteiger partial charge is 0.492 e. The number of thioether (sulfide) groups is 1. The van der Waals surface area contributed by atoms with Crippen molar-refractivity contribution in [2.24, 2.45) is 0 Å². The van der Waals surface area contributed by atoms with Crippen molar-refractivity contribution in [2.75, 3.05) is 31.3 Å². The fourth-order valence-electron chi connectivity index (χ4n) is 2.97. The third-order valence-corrected chi connectivity index (χ3v) is 7.22. The number of amides is 1. The number of ether oxygens (including phenoxy) is 1. The fourth-order valence-corrected chi connectivity index (χ4v) is 6.18. The molecule has 24 heavy (non-hydrogen) atoms. The van der Waals surface area contributed by atoms with Crippen LogP contribution in [0.2, 0.25) is 0 Å². The topological polar surface area (TPSA) is 79.8 Å². The summed E-state index contributed by atoms with van der Waals surface area (Å²) in [4.78, 5) is 18.4. The third kappa shape index (κ3) is 3.25. The lowest BCUT2D eigenvalue weighted by atomic mass is 10.3. The second-order valence-corrected chi connectivity index (χ2v) is 8.55. The standard InChI is InChI=1S/C15H21N3O4S2/c1-2-22-13-5-6-16-9-14(13)24(20,21)18-11-23-10-12(18)15(19)17-7-3-4-8-17/h5-6,9,12H,2-4,7-8,10-11H2,1H3. The van der Waals surface area contributed by atoms with Gasteiger partial charge in [0.15, 0.2) is 0 Å². The van der Waals surface area contributed by atoms with Crippen LogP contribution in [0.4, 0.5) is 0 Å². The molecule has 2 aliphatic heterocycles. The SMILES string of the molecule is CCOc1ccncc1S(=O)(=O)N1CSCC1C(=O)N1CCCC1. The zero-order valence-electron chi connectivity index (χ0n) is 13.6. The Balaban J connectivity index is 1.89. The molecule has 0 spiro atoms. The first kappa shape index (κ1) is 17.5. The Bertz CT molecular complexity index is 704. The van der Waals surface area contributed by atoms with E-state index in [4.69, 9.17) is 4.74 Å². The van der Waals surface area contributed by atoms with Gasteiger partial charge in [-0.15, -0.1) is 11.8 Å². The maximum absolute atomic E-state index is 13.1. The molecule has 1 atom stereocenters. The summed E-state index contributed by atoms with van der Waals surface area (Å²) < 4.78 is 32.9. The first-order valence-electron chi connectivity index (χ1n) is 8.01. The molecule has 2 aliphatic rings. The van der Waals surface area contributed by atoms with Gasteiger partial charge >= 0.3 is 0 Å². The van der Waals surface area contributed by atoms with Crippen LogP contribution in [0.3, 0.4) is 0 Å². The number of hydrogen-bond acceptors (Lipinski definition) is 6. The maximum Gasteiger partial charge on any atom is 0.249 e. The molecular formula is C15H21N3O4S2. The Labute approximate surface area is 146 Å². The predicted molar refractivity (Wildman–Crippen MR) is 91.4 cm³/mol.